The number of phenolic OH excluding ortho intramolecular Hbond substituents is 1. The Balaban J connectivity index is 0.00000139. The summed E-state index contributed by atoms with van der Waals surface area (Å²) in [6, 6.07) is 11.5. The summed E-state index contributed by atoms with van der Waals surface area (Å²) in [5.41, 5.74) is 3.88. The van der Waals surface area contributed by atoms with E-state index in [9.17, 15) is 5.11 Å². The Morgan fingerprint density at radius 1 is 1.12 bits per heavy atom. The highest BCUT2D eigenvalue weighted by Crippen LogP contribution is 2.33. The van der Waals surface area contributed by atoms with E-state index in [2.05, 4.69) is 6.58 Å². The topological polar surface area (TPSA) is 49.7 Å². The summed E-state index contributed by atoms with van der Waals surface area (Å²) in [5.74, 6) is 1.06. The lowest BCUT2D eigenvalue weighted by molar-refractivity contribution is 0.287. The minimum absolute atomic E-state index is 0.146. The monoisotopic (exact) mass is 328 g/mol. The first kappa shape index (κ1) is 19.8. The summed E-state index contributed by atoms with van der Waals surface area (Å²) >= 11 is 0. The van der Waals surface area contributed by atoms with Gasteiger partial charge >= 0.3 is 0 Å². The van der Waals surface area contributed by atoms with Crippen LogP contribution in [0.2, 0.25) is 0 Å². The van der Waals surface area contributed by atoms with E-state index in [0.29, 0.717) is 6.42 Å². The molecule has 0 aliphatic rings. The Kier molecular flexibility index (Phi) is 8.66. The first-order chi connectivity index (χ1) is 11.7. The molecule has 0 unspecified atom stereocenters. The molecule has 0 amide bonds. The third-order valence-corrected chi connectivity index (χ3v) is 3.64. The van der Waals surface area contributed by atoms with Crippen LogP contribution in [-0.4, -0.2) is 23.9 Å². The predicted molar refractivity (Wildman–Crippen MR) is 101 cm³/mol. The average molecular weight is 328 g/mol. The first-order valence-electron chi connectivity index (χ1n) is 8.40. The number of hydrogen-bond donors (Lipinski definition) is 2. The maximum Gasteiger partial charge on any atom is 0.123 e. The van der Waals surface area contributed by atoms with Crippen molar-refractivity contribution in [2.24, 2.45) is 0 Å². The zero-order valence-electron chi connectivity index (χ0n) is 14.9. The molecule has 3 heteroatoms. The fraction of sp³-hybridized carbons (Fsp3) is 0.333. The maximum absolute atomic E-state index is 10.2. The van der Waals surface area contributed by atoms with E-state index in [1.165, 1.54) is 0 Å². The minimum atomic E-state index is 0.146. The van der Waals surface area contributed by atoms with Crippen molar-refractivity contribution in [1.29, 1.82) is 0 Å². The van der Waals surface area contributed by atoms with Crippen molar-refractivity contribution >= 4 is 0 Å². The molecule has 0 bridgehead atoms. The zero-order chi connectivity index (χ0) is 17.9. The Labute approximate surface area is 145 Å². The molecule has 2 N–H and O–H groups in total. The molecule has 0 saturated heterocycles. The van der Waals surface area contributed by atoms with Crippen molar-refractivity contribution in [3.8, 4) is 22.6 Å². The Morgan fingerprint density at radius 3 is 2.50 bits per heavy atom. The number of aromatic hydroxyl groups is 1. The van der Waals surface area contributed by atoms with Crippen LogP contribution in [0.5, 0.6) is 11.5 Å². The Hall–Kier alpha value is -2.26. The third-order valence-electron chi connectivity index (χ3n) is 3.64. The van der Waals surface area contributed by atoms with Crippen molar-refractivity contribution in [2.45, 2.75) is 33.1 Å². The van der Waals surface area contributed by atoms with Gasteiger partial charge in [0, 0.05) is 12.2 Å². The van der Waals surface area contributed by atoms with Gasteiger partial charge < -0.3 is 14.9 Å². The molecule has 2 rings (SSSR count). The molecule has 0 fully saturated rings. The van der Waals surface area contributed by atoms with E-state index in [0.717, 1.165) is 40.8 Å². The van der Waals surface area contributed by atoms with E-state index in [1.54, 1.807) is 13.2 Å². The van der Waals surface area contributed by atoms with Gasteiger partial charge in [-0.15, -0.1) is 6.58 Å². The lowest BCUT2D eigenvalue weighted by Gasteiger charge is -2.12. The van der Waals surface area contributed by atoms with Gasteiger partial charge in [0.05, 0.1) is 7.11 Å². The number of ether oxygens (including phenoxy) is 1. The van der Waals surface area contributed by atoms with Crippen molar-refractivity contribution in [2.75, 3.05) is 13.7 Å². The predicted octanol–water partition coefficient (Wildman–Crippen LogP) is 4.75. The fourth-order valence-corrected chi connectivity index (χ4v) is 2.52. The van der Waals surface area contributed by atoms with Gasteiger partial charge in [0.15, 0.2) is 0 Å². The number of allylic oxidation sites excluding steroid dienone is 1. The summed E-state index contributed by atoms with van der Waals surface area (Å²) < 4.78 is 5.37. The van der Waals surface area contributed by atoms with Crippen LogP contribution in [0, 0.1) is 0 Å². The fourth-order valence-electron chi connectivity index (χ4n) is 2.52. The van der Waals surface area contributed by atoms with E-state index in [1.807, 2.05) is 50.3 Å². The molecule has 2 aromatic carbocycles. The third kappa shape index (κ3) is 5.14. The molecule has 0 saturated carbocycles. The number of aryl methyl sites for hydroxylation is 1. The highest BCUT2D eigenvalue weighted by molar-refractivity contribution is 5.72. The first-order valence-corrected chi connectivity index (χ1v) is 8.40. The molecule has 0 atom stereocenters. The summed E-state index contributed by atoms with van der Waals surface area (Å²) in [6.07, 6.45) is 4.03. The number of aliphatic hydroxyl groups excluding tert-OH is 1. The average Bonchev–Trinajstić information content (AvgIpc) is 2.63. The van der Waals surface area contributed by atoms with Gasteiger partial charge in [0.2, 0.25) is 0 Å². The van der Waals surface area contributed by atoms with E-state index < -0.39 is 0 Å². The molecule has 2 aromatic rings. The highest BCUT2D eigenvalue weighted by atomic mass is 16.5. The van der Waals surface area contributed by atoms with Crippen LogP contribution >= 0.6 is 0 Å². The number of phenols is 1. The molecule has 3 nitrogen and oxygen atoms in total. The van der Waals surface area contributed by atoms with Crippen LogP contribution in [0.1, 0.15) is 31.4 Å². The molecule has 0 heterocycles. The van der Waals surface area contributed by atoms with E-state index in [4.69, 9.17) is 9.84 Å². The number of methoxy groups -OCH3 is 1. The zero-order valence-corrected chi connectivity index (χ0v) is 14.9. The van der Waals surface area contributed by atoms with Crippen molar-refractivity contribution < 1.29 is 14.9 Å². The molecule has 0 aliphatic heterocycles. The minimum Gasteiger partial charge on any atom is -0.507 e. The second-order valence-corrected chi connectivity index (χ2v) is 5.20. The Morgan fingerprint density at radius 2 is 1.88 bits per heavy atom. The number of benzene rings is 2. The summed E-state index contributed by atoms with van der Waals surface area (Å²) in [7, 11) is 1.64. The maximum atomic E-state index is 10.2. The van der Waals surface area contributed by atoms with Crippen LogP contribution in [0.3, 0.4) is 0 Å². The molecule has 0 radical (unpaired) electrons. The summed E-state index contributed by atoms with van der Waals surface area (Å²) in [5, 5.41) is 19.2. The molecular weight excluding hydrogens is 300 g/mol. The van der Waals surface area contributed by atoms with Crippen molar-refractivity contribution in [1.82, 2.24) is 0 Å². The van der Waals surface area contributed by atoms with Gasteiger partial charge in [0.25, 0.3) is 0 Å². The van der Waals surface area contributed by atoms with Crippen LogP contribution in [-0.2, 0) is 12.8 Å². The van der Waals surface area contributed by atoms with Gasteiger partial charge in [-0.3, -0.25) is 0 Å². The molecule has 130 valence electrons. The van der Waals surface area contributed by atoms with Crippen molar-refractivity contribution in [3.05, 3.63) is 60.2 Å². The van der Waals surface area contributed by atoms with Crippen LogP contribution < -0.4 is 4.74 Å². The van der Waals surface area contributed by atoms with Gasteiger partial charge in [-0.2, -0.15) is 0 Å². The van der Waals surface area contributed by atoms with E-state index in [-0.39, 0.29) is 12.4 Å². The largest absolute Gasteiger partial charge is 0.507 e. The molecule has 0 aromatic heterocycles. The van der Waals surface area contributed by atoms with Gasteiger partial charge in [-0.05, 0) is 60.2 Å². The molecular formula is C21H28O3. The second kappa shape index (κ2) is 10.5. The highest BCUT2D eigenvalue weighted by Gasteiger charge is 2.09. The number of rotatable bonds is 7. The molecule has 24 heavy (non-hydrogen) atoms. The second-order valence-electron chi connectivity index (χ2n) is 5.20. The van der Waals surface area contributed by atoms with Crippen LogP contribution in [0.15, 0.2) is 49.1 Å². The van der Waals surface area contributed by atoms with Crippen LogP contribution in [0.25, 0.3) is 11.1 Å². The summed E-state index contributed by atoms with van der Waals surface area (Å²) in [4.78, 5) is 0. The SMILES string of the molecule is C=CCc1ccc(O)c(-c2ccc(OC)c(CCCO)c2)c1.CC. The molecule has 0 aliphatic carbocycles. The smallest absolute Gasteiger partial charge is 0.123 e. The van der Waals surface area contributed by atoms with Gasteiger partial charge in [-0.1, -0.05) is 32.1 Å². The summed E-state index contributed by atoms with van der Waals surface area (Å²) in [6.45, 7) is 7.89. The van der Waals surface area contributed by atoms with Crippen molar-refractivity contribution in [3.63, 3.8) is 0 Å². The molecule has 0 spiro atoms. The number of hydrogen-bond acceptors (Lipinski definition) is 3. The lowest BCUT2D eigenvalue weighted by atomic mass is 9.97. The standard InChI is InChI=1S/C19H22O3.C2H6/c1-3-5-14-7-9-18(21)17(12-14)15-8-10-19(22-2)16(13-15)6-4-11-20;1-2/h3,7-10,12-13,20-21H,1,4-6,11H2,2H3;1-2H3. The quantitative estimate of drug-likeness (QED) is 0.721. The van der Waals surface area contributed by atoms with Crippen LogP contribution in [0.4, 0.5) is 0 Å². The Bertz CT molecular complexity index is 648. The number of aliphatic hydroxyl groups is 1. The lowest BCUT2D eigenvalue weighted by Crippen LogP contribution is -1.95. The van der Waals surface area contributed by atoms with E-state index >= 15 is 0 Å². The van der Waals surface area contributed by atoms with Gasteiger partial charge in [0.1, 0.15) is 11.5 Å². The normalized spacial score (nSPS) is 9.83. The van der Waals surface area contributed by atoms with Gasteiger partial charge in [-0.25, -0.2) is 0 Å².